The number of hydrogen-bond acceptors (Lipinski definition) is 8. The number of para-hydroxylation sites is 2. The van der Waals surface area contributed by atoms with Crippen LogP contribution in [0, 0.1) is 13.8 Å². The first-order chi connectivity index (χ1) is 20.5. The van der Waals surface area contributed by atoms with Crippen LogP contribution >= 0.6 is 0 Å². The van der Waals surface area contributed by atoms with E-state index in [4.69, 9.17) is 0 Å². The monoisotopic (exact) mass is 554 g/mol. The van der Waals surface area contributed by atoms with Crippen LogP contribution < -0.4 is 0 Å². The lowest BCUT2D eigenvalue weighted by molar-refractivity contribution is 0.434. The maximum absolute atomic E-state index is 10.7. The van der Waals surface area contributed by atoms with Gasteiger partial charge in [0.05, 0.1) is 34.1 Å². The Morgan fingerprint density at radius 2 is 0.833 bits per heavy atom. The molecular formula is C32H26N8O2. The fourth-order valence-corrected chi connectivity index (χ4v) is 4.40. The third-order valence-electron chi connectivity index (χ3n) is 6.61. The van der Waals surface area contributed by atoms with Crippen molar-refractivity contribution in [2.24, 2.45) is 20.5 Å². The summed E-state index contributed by atoms with van der Waals surface area (Å²) in [6.07, 6.45) is 0. The van der Waals surface area contributed by atoms with Crippen molar-refractivity contribution in [3.05, 3.63) is 121 Å². The zero-order chi connectivity index (χ0) is 29.1. The second-order valence-electron chi connectivity index (χ2n) is 9.50. The van der Waals surface area contributed by atoms with Crippen LogP contribution in [0.1, 0.15) is 11.4 Å². The van der Waals surface area contributed by atoms with Crippen LogP contribution in [-0.2, 0) is 0 Å². The van der Waals surface area contributed by atoms with Crippen LogP contribution in [0.5, 0.6) is 11.8 Å². The molecule has 0 aliphatic rings. The van der Waals surface area contributed by atoms with Crippen LogP contribution in [0.4, 0.5) is 22.7 Å². The predicted molar refractivity (Wildman–Crippen MR) is 160 cm³/mol. The Morgan fingerprint density at radius 3 is 1.19 bits per heavy atom. The van der Waals surface area contributed by atoms with E-state index in [1.807, 2.05) is 109 Å². The van der Waals surface area contributed by atoms with E-state index in [9.17, 15) is 10.2 Å². The number of aryl methyl sites for hydroxylation is 2. The highest BCUT2D eigenvalue weighted by Crippen LogP contribution is 2.35. The smallest absolute Gasteiger partial charge is 0.243 e. The Kier molecular flexibility index (Phi) is 7.08. The molecule has 42 heavy (non-hydrogen) atoms. The van der Waals surface area contributed by atoms with E-state index in [1.54, 1.807) is 13.8 Å². The van der Waals surface area contributed by atoms with Gasteiger partial charge in [-0.25, -0.2) is 0 Å². The van der Waals surface area contributed by atoms with Gasteiger partial charge in [-0.15, -0.1) is 10.2 Å². The molecule has 0 aliphatic heterocycles. The maximum atomic E-state index is 10.7. The standard InChI is InChI=1S/C32H26N8O2/c1-21-29(31(41)39(37-21)27-9-5-3-6-10-27)35-33-25-17-13-23(14-18-25)24-15-19-26(20-16-24)34-36-30-22(2)38-40(32(30)42)28-11-7-4-8-12-28/h3-20,41-42H,1-2H3. The van der Waals surface area contributed by atoms with Crippen LogP contribution in [0.2, 0.25) is 0 Å². The fourth-order valence-electron chi connectivity index (χ4n) is 4.40. The summed E-state index contributed by atoms with van der Waals surface area (Å²) < 4.78 is 2.88. The number of hydrogen-bond donors (Lipinski definition) is 2. The van der Waals surface area contributed by atoms with Gasteiger partial charge in [-0.05, 0) is 73.5 Å². The van der Waals surface area contributed by atoms with Crippen molar-refractivity contribution in [2.75, 3.05) is 0 Å². The lowest BCUT2D eigenvalue weighted by Gasteiger charge is -2.03. The zero-order valence-corrected chi connectivity index (χ0v) is 22.9. The summed E-state index contributed by atoms with van der Waals surface area (Å²) in [5, 5.41) is 47.2. The highest BCUT2D eigenvalue weighted by atomic mass is 16.3. The summed E-state index contributed by atoms with van der Waals surface area (Å²) >= 11 is 0. The van der Waals surface area contributed by atoms with Gasteiger partial charge in [0.25, 0.3) is 0 Å². The zero-order valence-electron chi connectivity index (χ0n) is 22.9. The van der Waals surface area contributed by atoms with Gasteiger partial charge in [-0.1, -0.05) is 60.7 Å². The van der Waals surface area contributed by atoms with Gasteiger partial charge in [0, 0.05) is 0 Å². The van der Waals surface area contributed by atoms with Gasteiger partial charge >= 0.3 is 0 Å². The third-order valence-corrected chi connectivity index (χ3v) is 6.61. The van der Waals surface area contributed by atoms with Crippen LogP contribution in [-0.4, -0.2) is 29.8 Å². The predicted octanol–water partition coefficient (Wildman–Crippen LogP) is 8.58. The molecule has 0 saturated carbocycles. The molecular weight excluding hydrogens is 528 g/mol. The molecule has 6 aromatic rings. The van der Waals surface area contributed by atoms with E-state index < -0.39 is 0 Å². The number of azo groups is 2. The lowest BCUT2D eigenvalue weighted by Crippen LogP contribution is -1.94. The Bertz CT molecular complexity index is 1750. The Morgan fingerprint density at radius 1 is 0.476 bits per heavy atom. The maximum Gasteiger partial charge on any atom is 0.243 e. The van der Waals surface area contributed by atoms with Crippen molar-refractivity contribution in [2.45, 2.75) is 13.8 Å². The average molecular weight is 555 g/mol. The van der Waals surface area contributed by atoms with Crippen molar-refractivity contribution in [3.8, 4) is 34.3 Å². The van der Waals surface area contributed by atoms with Crippen molar-refractivity contribution in [3.63, 3.8) is 0 Å². The Labute approximate surface area is 241 Å². The molecule has 0 fully saturated rings. The number of nitrogens with zero attached hydrogens (tertiary/aromatic N) is 8. The van der Waals surface area contributed by atoms with Crippen molar-refractivity contribution < 1.29 is 10.2 Å². The summed E-state index contributed by atoms with van der Waals surface area (Å²) in [5.41, 5.74) is 6.54. The molecule has 10 heteroatoms. The lowest BCUT2D eigenvalue weighted by atomic mass is 10.1. The summed E-state index contributed by atoms with van der Waals surface area (Å²) in [6, 6.07) is 34.0. The van der Waals surface area contributed by atoms with Crippen LogP contribution in [0.25, 0.3) is 22.5 Å². The molecule has 0 unspecified atom stereocenters. The molecule has 6 rings (SSSR count). The minimum Gasteiger partial charge on any atom is -0.492 e. The molecule has 0 spiro atoms. The molecule has 2 N–H and O–H groups in total. The quantitative estimate of drug-likeness (QED) is 0.192. The number of aromatic nitrogens is 4. The molecule has 0 bridgehead atoms. The molecule has 2 aromatic heterocycles. The van der Waals surface area contributed by atoms with Crippen molar-refractivity contribution in [1.29, 1.82) is 0 Å². The summed E-state index contributed by atoms with van der Waals surface area (Å²) in [4.78, 5) is 0. The second-order valence-corrected chi connectivity index (χ2v) is 9.50. The number of benzene rings is 4. The van der Waals surface area contributed by atoms with Crippen LogP contribution in [0.15, 0.2) is 130 Å². The van der Waals surface area contributed by atoms with Gasteiger partial charge in [0.2, 0.25) is 11.8 Å². The van der Waals surface area contributed by atoms with Crippen molar-refractivity contribution >= 4 is 22.7 Å². The summed E-state index contributed by atoms with van der Waals surface area (Å²) in [6.45, 7) is 3.56. The first-order valence-electron chi connectivity index (χ1n) is 13.2. The molecule has 0 radical (unpaired) electrons. The fraction of sp³-hybridized carbons (Fsp3) is 0.0625. The molecule has 0 amide bonds. The first kappa shape index (κ1) is 26.3. The topological polar surface area (TPSA) is 126 Å². The minimum atomic E-state index is -0.0632. The summed E-state index contributed by atoms with van der Waals surface area (Å²) in [7, 11) is 0. The van der Waals surface area contributed by atoms with Gasteiger partial charge < -0.3 is 10.2 Å². The molecule has 10 nitrogen and oxygen atoms in total. The minimum absolute atomic E-state index is 0.0632. The van der Waals surface area contributed by atoms with Gasteiger partial charge in [0.15, 0.2) is 11.4 Å². The highest BCUT2D eigenvalue weighted by molar-refractivity contribution is 5.67. The largest absolute Gasteiger partial charge is 0.492 e. The van der Waals surface area contributed by atoms with Crippen molar-refractivity contribution in [1.82, 2.24) is 19.6 Å². The second kappa shape index (κ2) is 11.3. The first-order valence-corrected chi connectivity index (χ1v) is 13.2. The SMILES string of the molecule is Cc1nn(-c2ccccc2)c(O)c1N=Nc1ccc(-c2ccc(N=Nc3c(C)nn(-c4ccccc4)c3O)cc2)cc1. The van der Waals surface area contributed by atoms with E-state index in [0.29, 0.717) is 34.1 Å². The van der Waals surface area contributed by atoms with E-state index in [0.717, 1.165) is 22.5 Å². The number of rotatable bonds is 7. The average Bonchev–Trinajstić information content (AvgIpc) is 3.48. The normalized spacial score (nSPS) is 11.6. The highest BCUT2D eigenvalue weighted by Gasteiger charge is 2.16. The van der Waals surface area contributed by atoms with E-state index >= 15 is 0 Å². The molecule has 2 heterocycles. The third kappa shape index (κ3) is 5.28. The van der Waals surface area contributed by atoms with Gasteiger partial charge in [0.1, 0.15) is 0 Å². The number of aromatic hydroxyl groups is 2. The molecule has 206 valence electrons. The summed E-state index contributed by atoms with van der Waals surface area (Å²) in [5.74, 6) is -0.126. The Balaban J connectivity index is 1.15. The molecule has 4 aromatic carbocycles. The van der Waals surface area contributed by atoms with E-state index in [-0.39, 0.29) is 11.8 Å². The van der Waals surface area contributed by atoms with E-state index in [1.165, 1.54) is 9.36 Å². The van der Waals surface area contributed by atoms with E-state index in [2.05, 4.69) is 30.7 Å². The van der Waals surface area contributed by atoms with Gasteiger partial charge in [-0.3, -0.25) is 0 Å². The molecule has 0 saturated heterocycles. The molecule has 0 aliphatic carbocycles. The Hall–Kier alpha value is -5.90. The van der Waals surface area contributed by atoms with Crippen LogP contribution in [0.3, 0.4) is 0 Å². The van der Waals surface area contributed by atoms with Gasteiger partial charge in [-0.2, -0.15) is 29.8 Å². The molecule has 0 atom stereocenters.